The van der Waals surface area contributed by atoms with Gasteiger partial charge in [0.15, 0.2) is 0 Å². The summed E-state index contributed by atoms with van der Waals surface area (Å²) in [5, 5.41) is 10.4. The highest BCUT2D eigenvalue weighted by Gasteiger charge is 2.53. The lowest BCUT2D eigenvalue weighted by molar-refractivity contribution is 0.00140. The van der Waals surface area contributed by atoms with Gasteiger partial charge in [0.1, 0.15) is 18.1 Å². The molecule has 0 bridgehead atoms. The first-order valence-corrected chi connectivity index (χ1v) is 9.71. The monoisotopic (exact) mass is 376 g/mol. The predicted octanol–water partition coefficient (Wildman–Crippen LogP) is 4.70. The van der Waals surface area contributed by atoms with Gasteiger partial charge in [0.05, 0.1) is 16.8 Å². The van der Waals surface area contributed by atoms with Crippen LogP contribution in [-0.2, 0) is 9.31 Å². The van der Waals surface area contributed by atoms with Crippen molar-refractivity contribution in [3.8, 4) is 5.75 Å². The lowest BCUT2D eigenvalue weighted by Crippen LogP contribution is -2.41. The van der Waals surface area contributed by atoms with Gasteiger partial charge >= 0.3 is 7.12 Å². The second kappa shape index (κ2) is 7.23. The zero-order valence-electron chi connectivity index (χ0n) is 17.0. The first-order valence-electron chi connectivity index (χ1n) is 9.71. The van der Waals surface area contributed by atoms with Gasteiger partial charge in [-0.3, -0.25) is 0 Å². The molecule has 148 valence electrons. The van der Waals surface area contributed by atoms with Crippen LogP contribution in [0.4, 0.5) is 4.39 Å². The SMILES string of the molecule is CC(=C(F)B1OC(C)(C)C(C)(C)O1)c1cccc(OCC2(O)CCCC2)c1. The van der Waals surface area contributed by atoms with Crippen LogP contribution >= 0.6 is 0 Å². The van der Waals surface area contributed by atoms with Crippen LogP contribution < -0.4 is 4.74 Å². The number of benzene rings is 1. The number of ether oxygens (including phenoxy) is 1. The molecule has 1 aromatic carbocycles. The van der Waals surface area contributed by atoms with E-state index in [2.05, 4.69) is 0 Å². The molecule has 1 aliphatic carbocycles. The minimum Gasteiger partial charge on any atom is -0.491 e. The van der Waals surface area contributed by atoms with Gasteiger partial charge in [0, 0.05) is 0 Å². The molecule has 0 aromatic heterocycles. The van der Waals surface area contributed by atoms with E-state index in [0.29, 0.717) is 16.9 Å². The number of halogens is 1. The smallest absolute Gasteiger partial charge is 0.491 e. The van der Waals surface area contributed by atoms with Crippen LogP contribution in [0.25, 0.3) is 5.57 Å². The van der Waals surface area contributed by atoms with Gasteiger partial charge in [-0.1, -0.05) is 25.0 Å². The van der Waals surface area contributed by atoms with Crippen molar-refractivity contribution in [2.45, 2.75) is 77.1 Å². The lowest BCUT2D eigenvalue weighted by atomic mass is 9.83. The van der Waals surface area contributed by atoms with Crippen LogP contribution in [-0.4, -0.2) is 35.6 Å². The molecule has 3 rings (SSSR count). The normalized spacial score (nSPS) is 24.0. The summed E-state index contributed by atoms with van der Waals surface area (Å²) in [6.07, 6.45) is 3.59. The Morgan fingerprint density at radius 1 is 1.15 bits per heavy atom. The molecule has 0 atom stereocenters. The Balaban J connectivity index is 1.74. The molecule has 1 heterocycles. The predicted molar refractivity (Wildman–Crippen MR) is 105 cm³/mol. The highest BCUT2D eigenvalue weighted by molar-refractivity contribution is 6.55. The van der Waals surface area contributed by atoms with Gasteiger partial charge in [-0.05, 0) is 70.7 Å². The van der Waals surface area contributed by atoms with E-state index in [0.717, 1.165) is 25.7 Å². The Morgan fingerprint density at radius 3 is 2.33 bits per heavy atom. The first-order chi connectivity index (χ1) is 12.5. The summed E-state index contributed by atoms with van der Waals surface area (Å²) >= 11 is 0. The van der Waals surface area contributed by atoms with Crippen LogP contribution in [0.3, 0.4) is 0 Å². The molecule has 2 aliphatic rings. The average molecular weight is 376 g/mol. The van der Waals surface area contributed by atoms with Gasteiger partial charge in [-0.2, -0.15) is 0 Å². The van der Waals surface area contributed by atoms with Crippen molar-refractivity contribution in [2.24, 2.45) is 0 Å². The molecule has 2 fully saturated rings. The molecule has 4 nitrogen and oxygen atoms in total. The van der Waals surface area contributed by atoms with E-state index in [1.54, 1.807) is 13.0 Å². The Kier molecular flexibility index (Phi) is 5.45. The third-order valence-corrected chi connectivity index (χ3v) is 6.13. The fourth-order valence-corrected chi connectivity index (χ4v) is 3.48. The van der Waals surface area contributed by atoms with Crippen molar-refractivity contribution in [3.05, 3.63) is 35.6 Å². The number of rotatable bonds is 5. The van der Waals surface area contributed by atoms with Crippen LogP contribution in [0.5, 0.6) is 5.75 Å². The summed E-state index contributed by atoms with van der Waals surface area (Å²) in [5.41, 5.74) is -1.18. The van der Waals surface area contributed by atoms with Crippen molar-refractivity contribution >= 4 is 12.7 Å². The van der Waals surface area contributed by atoms with E-state index in [1.807, 2.05) is 45.9 Å². The maximum absolute atomic E-state index is 15.0. The third kappa shape index (κ3) is 4.23. The molecular formula is C21H30BFO4. The molecule has 0 unspecified atom stereocenters. The minimum atomic E-state index is -1.02. The summed E-state index contributed by atoms with van der Waals surface area (Å²) in [7, 11) is -1.02. The highest BCUT2D eigenvalue weighted by atomic mass is 19.1. The van der Waals surface area contributed by atoms with Crippen LogP contribution in [0, 0.1) is 0 Å². The van der Waals surface area contributed by atoms with Crippen LogP contribution in [0.2, 0.25) is 0 Å². The highest BCUT2D eigenvalue weighted by Crippen LogP contribution is 2.40. The van der Waals surface area contributed by atoms with Gasteiger partial charge in [-0.25, -0.2) is 4.39 Å². The molecule has 1 aliphatic heterocycles. The average Bonchev–Trinajstić information content (AvgIpc) is 3.13. The zero-order valence-corrected chi connectivity index (χ0v) is 17.0. The molecule has 1 saturated carbocycles. The summed E-state index contributed by atoms with van der Waals surface area (Å²) in [4.78, 5) is 0. The van der Waals surface area contributed by atoms with Crippen molar-refractivity contribution in [3.63, 3.8) is 0 Å². The standard InChI is InChI=1S/C21H30BFO4/c1-15(18(23)22-26-19(2,3)20(4,5)27-22)16-9-8-10-17(13-16)25-14-21(24)11-6-7-12-21/h8-10,13,24H,6-7,11-12,14H2,1-5H3. The van der Waals surface area contributed by atoms with E-state index >= 15 is 4.39 Å². The van der Waals surface area contributed by atoms with Crippen molar-refractivity contribution in [1.82, 2.24) is 0 Å². The molecule has 27 heavy (non-hydrogen) atoms. The molecule has 0 spiro atoms. The zero-order chi connectivity index (χ0) is 19.9. The Labute approximate surface area is 161 Å². The van der Waals surface area contributed by atoms with Gasteiger partial charge < -0.3 is 19.2 Å². The molecule has 0 radical (unpaired) electrons. The minimum absolute atomic E-state index is 0.263. The number of hydrogen-bond acceptors (Lipinski definition) is 4. The summed E-state index contributed by atoms with van der Waals surface area (Å²) < 4.78 is 32.5. The number of aliphatic hydroxyl groups is 1. The second-order valence-corrected chi connectivity index (χ2v) is 8.81. The topological polar surface area (TPSA) is 47.9 Å². The largest absolute Gasteiger partial charge is 0.525 e. The Bertz CT molecular complexity index is 707. The summed E-state index contributed by atoms with van der Waals surface area (Å²) in [5.74, 6) is 0.619. The Hall–Kier alpha value is -1.37. The van der Waals surface area contributed by atoms with Crippen molar-refractivity contribution in [1.29, 1.82) is 0 Å². The quantitative estimate of drug-likeness (QED) is 0.757. The molecule has 1 N–H and O–H groups in total. The van der Waals surface area contributed by atoms with Gasteiger partial charge in [-0.15, -0.1) is 0 Å². The summed E-state index contributed by atoms with van der Waals surface area (Å²) in [6.45, 7) is 9.58. The van der Waals surface area contributed by atoms with E-state index in [9.17, 15) is 5.11 Å². The van der Waals surface area contributed by atoms with E-state index in [1.165, 1.54) is 0 Å². The van der Waals surface area contributed by atoms with E-state index in [4.69, 9.17) is 14.0 Å². The fraction of sp³-hybridized carbons (Fsp3) is 0.619. The number of hydrogen-bond donors (Lipinski definition) is 1. The van der Waals surface area contributed by atoms with E-state index < -0.39 is 29.6 Å². The molecule has 6 heteroatoms. The summed E-state index contributed by atoms with van der Waals surface area (Å²) in [6, 6.07) is 7.27. The third-order valence-electron chi connectivity index (χ3n) is 6.13. The van der Waals surface area contributed by atoms with E-state index in [-0.39, 0.29) is 6.61 Å². The molecular weight excluding hydrogens is 346 g/mol. The first kappa shape index (κ1) is 20.4. The van der Waals surface area contributed by atoms with Crippen LogP contribution in [0.1, 0.15) is 65.9 Å². The maximum Gasteiger partial charge on any atom is 0.525 e. The van der Waals surface area contributed by atoms with Crippen molar-refractivity contribution in [2.75, 3.05) is 6.61 Å². The van der Waals surface area contributed by atoms with Gasteiger partial charge in [0.25, 0.3) is 0 Å². The molecule has 1 saturated heterocycles. The molecule has 0 amide bonds. The Morgan fingerprint density at radius 2 is 1.74 bits per heavy atom. The lowest BCUT2D eigenvalue weighted by Gasteiger charge is -2.32. The second-order valence-electron chi connectivity index (χ2n) is 8.81. The van der Waals surface area contributed by atoms with Crippen molar-refractivity contribution < 1.29 is 23.5 Å². The number of allylic oxidation sites excluding steroid dienone is 1. The van der Waals surface area contributed by atoms with Crippen LogP contribution in [0.15, 0.2) is 30.0 Å². The van der Waals surface area contributed by atoms with Gasteiger partial charge in [0.2, 0.25) is 0 Å². The fourth-order valence-electron chi connectivity index (χ4n) is 3.48. The molecule has 1 aromatic rings. The maximum atomic E-state index is 15.0.